The molecule has 2 N–H and O–H groups in total. The minimum Gasteiger partial charge on any atom is -0.493 e. The highest BCUT2D eigenvalue weighted by molar-refractivity contribution is 6.09. The van der Waals surface area contributed by atoms with Crippen LogP contribution in [0.15, 0.2) is 66.9 Å². The largest absolute Gasteiger partial charge is 0.493 e. The number of aromatic nitrogens is 1. The SMILES string of the molecule is CCCc1cc(C(=O)c2ccc(F)cc2)ccc1OCCCOc1ccc2c(CC(=O)O)c[nH]c2c1. The molecule has 1 aromatic heterocycles. The van der Waals surface area contributed by atoms with Gasteiger partial charge in [0.05, 0.1) is 19.6 Å². The number of hydrogen-bond acceptors (Lipinski definition) is 4. The second kappa shape index (κ2) is 11.5. The lowest BCUT2D eigenvalue weighted by Gasteiger charge is -2.13. The Morgan fingerprint density at radius 2 is 1.67 bits per heavy atom. The van der Waals surface area contributed by atoms with Crippen LogP contribution in [0.25, 0.3) is 10.9 Å². The minimum atomic E-state index is -0.868. The Hall–Kier alpha value is -4.13. The highest BCUT2D eigenvalue weighted by atomic mass is 19.1. The van der Waals surface area contributed by atoms with Crippen molar-refractivity contribution >= 4 is 22.7 Å². The fourth-order valence-electron chi connectivity index (χ4n) is 4.09. The smallest absolute Gasteiger partial charge is 0.307 e. The van der Waals surface area contributed by atoms with E-state index in [1.54, 1.807) is 12.3 Å². The molecule has 0 aliphatic heterocycles. The number of halogens is 1. The Kier molecular flexibility index (Phi) is 8.00. The van der Waals surface area contributed by atoms with Crippen molar-refractivity contribution in [3.8, 4) is 11.5 Å². The predicted molar refractivity (Wildman–Crippen MR) is 136 cm³/mol. The summed E-state index contributed by atoms with van der Waals surface area (Å²) < 4.78 is 25.0. The molecule has 6 nitrogen and oxygen atoms in total. The maximum atomic E-state index is 13.2. The number of aryl methyl sites for hydroxylation is 1. The van der Waals surface area contributed by atoms with Gasteiger partial charge in [0.2, 0.25) is 0 Å². The normalized spacial score (nSPS) is 10.9. The summed E-state index contributed by atoms with van der Waals surface area (Å²) in [6.07, 6.45) is 4.02. The van der Waals surface area contributed by atoms with Crippen LogP contribution < -0.4 is 9.47 Å². The fraction of sp³-hybridized carbons (Fsp3) is 0.241. The molecule has 4 rings (SSSR count). The summed E-state index contributed by atoms with van der Waals surface area (Å²) in [5.74, 6) is 0.0439. The standard InChI is InChI=1S/C29H28FNO5/c1-2-4-20-15-21(29(34)19-5-8-23(30)9-6-19)7-12-27(20)36-14-3-13-35-24-10-11-25-22(16-28(32)33)18-31-26(25)17-24/h5-12,15,17-18,31H,2-4,13-14,16H2,1H3,(H,32,33). The zero-order chi connectivity index (χ0) is 25.5. The monoisotopic (exact) mass is 489 g/mol. The van der Waals surface area contributed by atoms with Crippen molar-refractivity contribution in [1.82, 2.24) is 4.98 Å². The number of carboxylic acids is 1. The summed E-state index contributed by atoms with van der Waals surface area (Å²) in [5.41, 5.74) is 3.53. The van der Waals surface area contributed by atoms with Crippen LogP contribution in [0.3, 0.4) is 0 Å². The van der Waals surface area contributed by atoms with Crippen LogP contribution in [0.2, 0.25) is 0 Å². The first-order valence-corrected chi connectivity index (χ1v) is 11.9. The Labute approximate surface area is 208 Å². The van der Waals surface area contributed by atoms with Crippen LogP contribution >= 0.6 is 0 Å². The molecule has 186 valence electrons. The topological polar surface area (TPSA) is 88.6 Å². The van der Waals surface area contributed by atoms with Crippen LogP contribution in [-0.4, -0.2) is 35.1 Å². The van der Waals surface area contributed by atoms with Crippen LogP contribution in [0.1, 0.15) is 46.8 Å². The Bertz CT molecular complexity index is 1360. The first kappa shape index (κ1) is 25.0. The van der Waals surface area contributed by atoms with Gasteiger partial charge in [-0.15, -0.1) is 0 Å². The highest BCUT2D eigenvalue weighted by Gasteiger charge is 2.13. The molecule has 0 radical (unpaired) electrons. The molecule has 0 bridgehead atoms. The van der Waals surface area contributed by atoms with E-state index in [1.807, 2.05) is 30.3 Å². The number of aromatic amines is 1. The zero-order valence-electron chi connectivity index (χ0n) is 20.1. The molecule has 36 heavy (non-hydrogen) atoms. The van der Waals surface area contributed by atoms with Crippen LogP contribution in [0.5, 0.6) is 11.5 Å². The van der Waals surface area contributed by atoms with Gasteiger partial charge in [-0.1, -0.05) is 13.3 Å². The lowest BCUT2D eigenvalue weighted by atomic mass is 9.99. The van der Waals surface area contributed by atoms with E-state index in [4.69, 9.17) is 14.6 Å². The molecule has 7 heteroatoms. The molecular weight excluding hydrogens is 461 g/mol. The number of fused-ring (bicyclic) bond motifs is 1. The van der Waals surface area contributed by atoms with E-state index >= 15 is 0 Å². The van der Waals surface area contributed by atoms with Gasteiger partial charge in [0.1, 0.15) is 17.3 Å². The lowest BCUT2D eigenvalue weighted by molar-refractivity contribution is -0.136. The van der Waals surface area contributed by atoms with Crippen molar-refractivity contribution in [2.45, 2.75) is 32.6 Å². The molecule has 1 heterocycles. The van der Waals surface area contributed by atoms with E-state index in [-0.39, 0.29) is 18.0 Å². The zero-order valence-corrected chi connectivity index (χ0v) is 20.1. The van der Waals surface area contributed by atoms with Gasteiger partial charge in [0.15, 0.2) is 5.78 Å². The van der Waals surface area contributed by atoms with Gasteiger partial charge in [0, 0.05) is 40.7 Å². The van der Waals surface area contributed by atoms with Gasteiger partial charge in [0.25, 0.3) is 0 Å². The third-order valence-corrected chi connectivity index (χ3v) is 5.84. The lowest BCUT2D eigenvalue weighted by Crippen LogP contribution is -2.07. The summed E-state index contributed by atoms with van der Waals surface area (Å²) >= 11 is 0. The number of benzene rings is 3. The van der Waals surface area contributed by atoms with Crippen LogP contribution in [0.4, 0.5) is 4.39 Å². The number of carbonyl (C=O) groups excluding carboxylic acids is 1. The number of aliphatic carboxylic acids is 1. The first-order chi connectivity index (χ1) is 17.4. The van der Waals surface area contributed by atoms with Crippen molar-refractivity contribution < 1.29 is 28.6 Å². The molecule has 4 aromatic rings. The maximum absolute atomic E-state index is 13.2. The van der Waals surface area contributed by atoms with Gasteiger partial charge >= 0.3 is 5.97 Å². The van der Waals surface area contributed by atoms with Gasteiger partial charge in [-0.05, 0) is 72.1 Å². The molecule has 0 saturated carbocycles. The van der Waals surface area contributed by atoms with E-state index in [0.29, 0.717) is 36.5 Å². The van der Waals surface area contributed by atoms with Crippen LogP contribution in [-0.2, 0) is 17.6 Å². The van der Waals surface area contributed by atoms with Gasteiger partial charge in [-0.25, -0.2) is 4.39 Å². The Morgan fingerprint density at radius 1 is 0.917 bits per heavy atom. The molecule has 0 saturated heterocycles. The number of nitrogens with one attached hydrogen (secondary N) is 1. The quantitative estimate of drug-likeness (QED) is 0.189. The van der Waals surface area contributed by atoms with Crippen LogP contribution in [0, 0.1) is 5.82 Å². The third-order valence-electron chi connectivity index (χ3n) is 5.84. The highest BCUT2D eigenvalue weighted by Crippen LogP contribution is 2.25. The van der Waals surface area contributed by atoms with Crippen molar-refractivity contribution in [3.63, 3.8) is 0 Å². The van der Waals surface area contributed by atoms with Crippen molar-refractivity contribution in [1.29, 1.82) is 0 Å². The number of hydrogen-bond donors (Lipinski definition) is 2. The summed E-state index contributed by atoms with van der Waals surface area (Å²) in [6, 6.07) is 16.5. The van der Waals surface area contributed by atoms with E-state index in [1.165, 1.54) is 24.3 Å². The molecule has 0 spiro atoms. The van der Waals surface area contributed by atoms with Gasteiger partial charge < -0.3 is 19.6 Å². The van der Waals surface area contributed by atoms with Gasteiger partial charge in [-0.3, -0.25) is 9.59 Å². The number of carboxylic acid groups (broad SMARTS) is 1. The number of carbonyl (C=O) groups is 2. The summed E-state index contributed by atoms with van der Waals surface area (Å²) in [7, 11) is 0. The van der Waals surface area contributed by atoms with E-state index in [9.17, 15) is 14.0 Å². The predicted octanol–water partition coefficient (Wildman–Crippen LogP) is 5.97. The molecule has 0 amide bonds. The van der Waals surface area contributed by atoms with Crippen molar-refractivity contribution in [3.05, 3.63) is 94.9 Å². The molecule has 0 aliphatic carbocycles. The molecule has 0 unspecified atom stereocenters. The van der Waals surface area contributed by atoms with E-state index in [2.05, 4.69) is 11.9 Å². The van der Waals surface area contributed by atoms with Crippen molar-refractivity contribution in [2.75, 3.05) is 13.2 Å². The average molecular weight is 490 g/mol. The number of rotatable bonds is 12. The second-order valence-electron chi connectivity index (χ2n) is 8.55. The Balaban J connectivity index is 1.32. The number of ketones is 1. The molecular formula is C29H28FNO5. The average Bonchev–Trinajstić information content (AvgIpc) is 3.26. The Morgan fingerprint density at radius 3 is 2.42 bits per heavy atom. The first-order valence-electron chi connectivity index (χ1n) is 11.9. The van der Waals surface area contributed by atoms with E-state index in [0.717, 1.165) is 40.6 Å². The van der Waals surface area contributed by atoms with E-state index < -0.39 is 5.97 Å². The number of ether oxygens (including phenoxy) is 2. The molecule has 0 atom stereocenters. The molecule has 0 fully saturated rings. The number of H-pyrrole nitrogens is 1. The summed E-state index contributed by atoms with van der Waals surface area (Å²) in [6.45, 7) is 2.98. The maximum Gasteiger partial charge on any atom is 0.307 e. The van der Waals surface area contributed by atoms with Crippen molar-refractivity contribution in [2.24, 2.45) is 0 Å². The summed E-state index contributed by atoms with van der Waals surface area (Å²) in [4.78, 5) is 26.9. The molecule has 0 aliphatic rings. The minimum absolute atomic E-state index is 0.0288. The molecule has 3 aromatic carbocycles. The van der Waals surface area contributed by atoms with Gasteiger partial charge in [-0.2, -0.15) is 0 Å². The summed E-state index contributed by atoms with van der Waals surface area (Å²) in [5, 5.41) is 9.89. The second-order valence-corrected chi connectivity index (χ2v) is 8.55. The third kappa shape index (κ3) is 6.10. The fourth-order valence-corrected chi connectivity index (χ4v) is 4.09.